The molecule has 0 saturated heterocycles. The Bertz CT molecular complexity index is 680. The zero-order valence-corrected chi connectivity index (χ0v) is 28.8. The second kappa shape index (κ2) is 29.6. The molecule has 0 aliphatic heterocycles. The standard InChI is InChI=1S/C9H10O.C6H20O2Si3.C6H6O.2C3H8.C2H6/c1-2-5-8-6-3-4-7-9(8)10;1-9(2)7-11(5,6)8-10(3)4;7-6-4-2-1-3-5-6;2*1-3-2;1-2/h2-4,6-7,10H,1,5H2;9-10H,1-6H3;1-5,7H;2*3H2,1-2H3;1-2H3. The highest BCUT2D eigenvalue weighted by molar-refractivity contribution is 6.78. The van der Waals surface area contributed by atoms with Crippen LogP contribution in [-0.2, 0) is 14.7 Å². The van der Waals surface area contributed by atoms with Crippen molar-refractivity contribution in [3.63, 3.8) is 0 Å². The third-order valence-corrected chi connectivity index (χ3v) is 11.5. The molecule has 0 aromatic heterocycles. The monoisotopic (exact) mass is 554 g/mol. The van der Waals surface area contributed by atoms with E-state index in [0.29, 0.717) is 11.5 Å². The minimum atomic E-state index is -1.71. The molecular weight excluding hydrogens is 497 g/mol. The number of hydrogen-bond acceptors (Lipinski definition) is 4. The number of phenols is 2. The van der Waals surface area contributed by atoms with Crippen LogP contribution in [0.3, 0.4) is 0 Å². The number of aromatic hydroxyl groups is 2. The van der Waals surface area contributed by atoms with E-state index in [1.165, 1.54) is 12.8 Å². The maximum absolute atomic E-state index is 9.19. The molecule has 0 spiro atoms. The first kappa shape index (κ1) is 41.5. The maximum Gasteiger partial charge on any atom is 0.310 e. The van der Waals surface area contributed by atoms with Gasteiger partial charge in [0.1, 0.15) is 11.5 Å². The van der Waals surface area contributed by atoms with Crippen molar-refractivity contribution < 1.29 is 18.4 Å². The van der Waals surface area contributed by atoms with Gasteiger partial charge in [-0.15, -0.1) is 6.58 Å². The molecule has 0 heterocycles. The Morgan fingerprint density at radius 3 is 1.39 bits per heavy atom. The number of para-hydroxylation sites is 2. The summed E-state index contributed by atoms with van der Waals surface area (Å²) in [4.78, 5) is 0. The number of phenolic OH excluding ortho intramolecular Hbond substituents is 2. The van der Waals surface area contributed by atoms with Gasteiger partial charge in [-0.25, -0.2) is 0 Å². The lowest BCUT2D eigenvalue weighted by atomic mass is 10.1. The van der Waals surface area contributed by atoms with Gasteiger partial charge in [-0.2, -0.15) is 0 Å². The summed E-state index contributed by atoms with van der Waals surface area (Å²) in [6.45, 7) is 29.2. The van der Waals surface area contributed by atoms with E-state index in [1.807, 2.05) is 38.1 Å². The van der Waals surface area contributed by atoms with Gasteiger partial charge in [0, 0.05) is 0 Å². The van der Waals surface area contributed by atoms with E-state index in [1.54, 1.807) is 36.4 Å². The summed E-state index contributed by atoms with van der Waals surface area (Å²) < 4.78 is 11.7. The molecule has 2 N–H and O–H groups in total. The fourth-order valence-electron chi connectivity index (χ4n) is 2.43. The van der Waals surface area contributed by atoms with Crippen molar-refractivity contribution in [3.05, 3.63) is 72.8 Å². The molecule has 0 amide bonds. The lowest BCUT2D eigenvalue weighted by Crippen LogP contribution is -2.42. The van der Waals surface area contributed by atoms with E-state index in [2.05, 4.69) is 73.6 Å². The van der Waals surface area contributed by atoms with Crippen LogP contribution in [0.2, 0.25) is 39.3 Å². The molecule has 2 rings (SSSR count). The van der Waals surface area contributed by atoms with Gasteiger partial charge in [0.25, 0.3) is 0 Å². The van der Waals surface area contributed by atoms with E-state index < -0.39 is 26.6 Å². The number of rotatable bonds is 6. The van der Waals surface area contributed by atoms with Gasteiger partial charge in [-0.1, -0.05) is 96.9 Å². The van der Waals surface area contributed by atoms with E-state index in [4.69, 9.17) is 13.3 Å². The van der Waals surface area contributed by atoms with Crippen LogP contribution in [0.5, 0.6) is 11.5 Å². The van der Waals surface area contributed by atoms with Gasteiger partial charge in [0.05, 0.1) is 0 Å². The molecule has 0 fully saturated rings. The molecule has 36 heavy (non-hydrogen) atoms. The van der Waals surface area contributed by atoms with E-state index in [0.717, 1.165) is 12.0 Å². The van der Waals surface area contributed by atoms with Crippen molar-refractivity contribution in [2.45, 2.75) is 100 Å². The maximum atomic E-state index is 9.19. The fourth-order valence-corrected chi connectivity index (χ4v) is 12.2. The minimum absolute atomic E-state index is 0.322. The van der Waals surface area contributed by atoms with E-state index >= 15 is 0 Å². The van der Waals surface area contributed by atoms with Gasteiger partial charge >= 0.3 is 8.56 Å². The molecule has 0 bridgehead atoms. The summed E-state index contributed by atoms with van der Waals surface area (Å²) in [5.74, 6) is 0.671. The van der Waals surface area contributed by atoms with Gasteiger partial charge in [-0.3, -0.25) is 0 Å². The molecule has 2 aromatic rings. The largest absolute Gasteiger partial charge is 0.508 e. The Kier molecular flexibility index (Phi) is 34.1. The smallest absolute Gasteiger partial charge is 0.310 e. The Hall–Kier alpha value is -1.65. The van der Waals surface area contributed by atoms with Gasteiger partial charge in [-0.05, 0) is 69.5 Å². The normalized spacial score (nSPS) is 9.39. The first-order valence-corrected chi connectivity index (χ1v) is 21.8. The predicted octanol–water partition coefficient (Wildman–Crippen LogP) is 9.06. The first-order chi connectivity index (χ1) is 16.9. The molecule has 7 heteroatoms. The minimum Gasteiger partial charge on any atom is -0.508 e. The Labute approximate surface area is 229 Å². The lowest BCUT2D eigenvalue weighted by Gasteiger charge is -2.27. The van der Waals surface area contributed by atoms with Crippen LogP contribution in [-0.4, -0.2) is 36.9 Å². The quantitative estimate of drug-likeness (QED) is 0.276. The molecule has 0 aliphatic rings. The summed E-state index contributed by atoms with van der Waals surface area (Å²) in [5, 5.41) is 17.8. The second-order valence-corrected chi connectivity index (χ2v) is 17.5. The van der Waals surface area contributed by atoms with Crippen molar-refractivity contribution >= 4 is 26.6 Å². The van der Waals surface area contributed by atoms with Crippen LogP contribution in [0.15, 0.2) is 67.3 Å². The zero-order chi connectivity index (χ0) is 29.0. The van der Waals surface area contributed by atoms with Crippen LogP contribution in [0.1, 0.15) is 59.9 Å². The Morgan fingerprint density at radius 1 is 0.750 bits per heavy atom. The number of benzene rings is 2. The number of allylic oxidation sites excluding steroid dienone is 1. The summed E-state index contributed by atoms with van der Waals surface area (Å²) in [6.07, 6.45) is 5.00. The topological polar surface area (TPSA) is 58.9 Å². The van der Waals surface area contributed by atoms with Crippen LogP contribution < -0.4 is 0 Å². The van der Waals surface area contributed by atoms with Gasteiger partial charge in [0.15, 0.2) is 18.1 Å². The SMILES string of the molecule is C=CCc1ccccc1O.CC.CCC.CCC.C[SiH](C)O[Si](C)(C)O[SiH](C)C.Oc1ccccc1. The van der Waals surface area contributed by atoms with Crippen molar-refractivity contribution in [2.75, 3.05) is 0 Å². The predicted molar refractivity (Wildman–Crippen MR) is 171 cm³/mol. The average molecular weight is 555 g/mol. The summed E-state index contributed by atoms with van der Waals surface area (Å²) in [7, 11) is -3.50. The van der Waals surface area contributed by atoms with Crippen LogP contribution in [0.25, 0.3) is 0 Å². The Balaban J connectivity index is -0.000000188. The summed E-state index contributed by atoms with van der Waals surface area (Å²) in [6, 6.07) is 16.0. The highest BCUT2D eigenvalue weighted by Gasteiger charge is 2.26. The molecule has 4 nitrogen and oxygen atoms in total. The van der Waals surface area contributed by atoms with Crippen molar-refractivity contribution in [1.82, 2.24) is 0 Å². The molecule has 0 aliphatic carbocycles. The molecule has 0 saturated carbocycles. The van der Waals surface area contributed by atoms with Gasteiger partial charge in [0.2, 0.25) is 0 Å². The highest BCUT2D eigenvalue weighted by Crippen LogP contribution is 2.15. The molecule has 2 aromatic carbocycles. The summed E-state index contributed by atoms with van der Waals surface area (Å²) >= 11 is 0. The van der Waals surface area contributed by atoms with E-state index in [-0.39, 0.29) is 0 Å². The lowest BCUT2D eigenvalue weighted by molar-refractivity contribution is 0.415. The van der Waals surface area contributed by atoms with Crippen molar-refractivity contribution in [3.8, 4) is 11.5 Å². The van der Waals surface area contributed by atoms with Crippen LogP contribution >= 0.6 is 0 Å². The zero-order valence-electron chi connectivity index (χ0n) is 25.5. The van der Waals surface area contributed by atoms with Crippen LogP contribution in [0.4, 0.5) is 0 Å². The van der Waals surface area contributed by atoms with Gasteiger partial charge < -0.3 is 18.4 Å². The molecule has 0 radical (unpaired) electrons. The van der Waals surface area contributed by atoms with E-state index in [9.17, 15) is 5.11 Å². The van der Waals surface area contributed by atoms with Crippen LogP contribution in [0, 0.1) is 0 Å². The molecule has 0 atom stereocenters. The first-order valence-electron chi connectivity index (χ1n) is 13.4. The number of hydrogen-bond donors (Lipinski definition) is 2. The fraction of sp³-hybridized carbons (Fsp3) is 0.517. The Morgan fingerprint density at radius 2 is 1.11 bits per heavy atom. The second-order valence-electron chi connectivity index (χ2n) is 8.60. The van der Waals surface area contributed by atoms with Crippen molar-refractivity contribution in [2.24, 2.45) is 0 Å². The third kappa shape index (κ3) is 34.5. The third-order valence-electron chi connectivity index (χ3n) is 3.15. The molecular formula is C29H58O4Si3. The molecule has 210 valence electrons. The highest BCUT2D eigenvalue weighted by atomic mass is 28.5. The summed E-state index contributed by atoms with van der Waals surface area (Å²) in [5.41, 5.74) is 0.928. The average Bonchev–Trinajstić information content (AvgIpc) is 2.78. The molecule has 0 unspecified atom stereocenters. The van der Waals surface area contributed by atoms with Crippen molar-refractivity contribution in [1.29, 1.82) is 0 Å².